The Balaban J connectivity index is 1.73. The van der Waals surface area contributed by atoms with Crippen LogP contribution in [0.2, 0.25) is 0 Å². The predicted octanol–water partition coefficient (Wildman–Crippen LogP) is 3.40. The number of aromatic nitrogens is 2. The van der Waals surface area contributed by atoms with E-state index in [1.807, 2.05) is 0 Å². The Morgan fingerprint density at radius 1 is 1.14 bits per heavy atom. The van der Waals surface area contributed by atoms with Crippen molar-refractivity contribution in [2.45, 2.75) is 13.1 Å². The van der Waals surface area contributed by atoms with Gasteiger partial charge < -0.3 is 15.2 Å². The molecule has 0 spiro atoms. The van der Waals surface area contributed by atoms with Gasteiger partial charge in [0.1, 0.15) is 5.69 Å². The first-order valence-electron chi connectivity index (χ1n) is 10.2. The summed E-state index contributed by atoms with van der Waals surface area (Å²) in [6.07, 6.45) is -4.48. The Morgan fingerprint density at radius 2 is 1.77 bits per heavy atom. The van der Waals surface area contributed by atoms with Crippen molar-refractivity contribution in [3.8, 4) is 17.0 Å². The van der Waals surface area contributed by atoms with Crippen LogP contribution in [0.3, 0.4) is 0 Å². The van der Waals surface area contributed by atoms with Gasteiger partial charge in [-0.25, -0.2) is 5.43 Å². The molecule has 0 saturated carbocycles. The maximum atomic E-state index is 12.8. The fourth-order valence-electron chi connectivity index (χ4n) is 3.08. The minimum Gasteiger partial charge on any atom is -0.504 e. The van der Waals surface area contributed by atoms with Gasteiger partial charge in [0.05, 0.1) is 27.6 Å². The number of thiophene rings is 1. The second-order valence-electron chi connectivity index (χ2n) is 7.30. The van der Waals surface area contributed by atoms with Crippen molar-refractivity contribution in [3.05, 3.63) is 57.4 Å². The topological polar surface area (TPSA) is 118 Å². The van der Waals surface area contributed by atoms with Gasteiger partial charge in [-0.05, 0) is 31.2 Å². The third-order valence-electron chi connectivity index (χ3n) is 4.82. The van der Waals surface area contributed by atoms with Crippen LogP contribution in [0, 0.1) is 0 Å². The molecule has 0 bridgehead atoms. The molecular formula is C22H22F3N5O4S. The first-order chi connectivity index (χ1) is 16.5. The van der Waals surface area contributed by atoms with E-state index in [1.54, 1.807) is 0 Å². The van der Waals surface area contributed by atoms with Gasteiger partial charge >= 0.3 is 6.18 Å². The second kappa shape index (κ2) is 10.7. The number of benzene rings is 1. The van der Waals surface area contributed by atoms with Gasteiger partial charge in [0.25, 0.3) is 11.8 Å². The molecule has 0 saturated heterocycles. The number of carbonyl (C=O) groups excluding carboxylic acids is 2. The van der Waals surface area contributed by atoms with Crippen LogP contribution in [0.4, 0.5) is 13.2 Å². The number of hydrogen-bond donors (Lipinski definition) is 3. The number of aryl methyl sites for hydroxylation is 1. The van der Waals surface area contributed by atoms with E-state index in [4.69, 9.17) is 4.74 Å². The van der Waals surface area contributed by atoms with Crippen molar-refractivity contribution in [1.29, 1.82) is 0 Å². The van der Waals surface area contributed by atoms with Gasteiger partial charge in [0, 0.05) is 26.3 Å². The van der Waals surface area contributed by atoms with E-state index in [0.717, 1.165) is 23.5 Å². The van der Waals surface area contributed by atoms with E-state index >= 15 is 0 Å². The molecule has 3 N–H and O–H groups in total. The Hall–Kier alpha value is -3.71. The molecule has 35 heavy (non-hydrogen) atoms. The fourth-order valence-corrected chi connectivity index (χ4v) is 3.89. The molecule has 9 nitrogen and oxygen atoms in total. The molecule has 3 aromatic rings. The largest absolute Gasteiger partial charge is 0.504 e. The minimum atomic E-state index is -4.48. The highest BCUT2D eigenvalue weighted by Gasteiger charge is 2.30. The number of nitrogens with one attached hydrogen (secondary N) is 2. The molecule has 0 aliphatic rings. The van der Waals surface area contributed by atoms with Crippen molar-refractivity contribution < 1.29 is 32.6 Å². The molecule has 13 heteroatoms. The number of hydrogen-bond acceptors (Lipinski definition) is 7. The van der Waals surface area contributed by atoms with E-state index in [2.05, 4.69) is 20.9 Å². The van der Waals surface area contributed by atoms with Gasteiger partial charge in [-0.3, -0.25) is 14.3 Å². The summed E-state index contributed by atoms with van der Waals surface area (Å²) in [6, 6.07) is 7.29. The predicted molar refractivity (Wildman–Crippen MR) is 124 cm³/mol. The van der Waals surface area contributed by atoms with E-state index in [1.165, 1.54) is 50.0 Å². The maximum Gasteiger partial charge on any atom is 0.416 e. The lowest BCUT2D eigenvalue weighted by Gasteiger charge is -2.08. The van der Waals surface area contributed by atoms with E-state index < -0.39 is 17.6 Å². The molecule has 0 unspecified atom stereocenters. The van der Waals surface area contributed by atoms with Gasteiger partial charge in [-0.2, -0.15) is 23.4 Å². The molecule has 2 aromatic heterocycles. The zero-order valence-corrected chi connectivity index (χ0v) is 19.8. The van der Waals surface area contributed by atoms with Gasteiger partial charge in [0.2, 0.25) is 0 Å². The van der Waals surface area contributed by atoms with Crippen LogP contribution in [0.1, 0.15) is 37.5 Å². The highest BCUT2D eigenvalue weighted by atomic mass is 32.1. The number of halogens is 3. The van der Waals surface area contributed by atoms with Gasteiger partial charge in [0.15, 0.2) is 11.4 Å². The molecule has 0 radical (unpaired) electrons. The number of amides is 2. The molecule has 3 rings (SSSR count). The summed E-state index contributed by atoms with van der Waals surface area (Å²) in [6.45, 7) is 2.20. The van der Waals surface area contributed by atoms with Crippen molar-refractivity contribution >= 4 is 28.9 Å². The average molecular weight is 510 g/mol. The molecule has 2 heterocycles. The normalized spacial score (nSPS) is 12.0. The van der Waals surface area contributed by atoms with Crippen LogP contribution < -0.4 is 10.7 Å². The lowest BCUT2D eigenvalue weighted by molar-refractivity contribution is -0.137. The molecule has 0 atom stereocenters. The monoisotopic (exact) mass is 509 g/mol. The number of rotatable bonds is 8. The maximum absolute atomic E-state index is 12.8. The summed E-state index contributed by atoms with van der Waals surface area (Å²) in [5, 5.41) is 21.4. The molecule has 0 aliphatic carbocycles. The van der Waals surface area contributed by atoms with E-state index in [0.29, 0.717) is 23.6 Å². The smallest absolute Gasteiger partial charge is 0.416 e. The molecule has 1 aromatic carbocycles. The van der Waals surface area contributed by atoms with E-state index in [9.17, 15) is 27.9 Å². The van der Waals surface area contributed by atoms with Crippen LogP contribution in [-0.2, 0) is 18.0 Å². The quantitative estimate of drug-likeness (QED) is 0.244. The summed E-state index contributed by atoms with van der Waals surface area (Å²) < 4.78 is 44.7. The SMILES string of the molecule is COCCNC(=O)c1ccc(C(=O)N/N=C(/C)c2nn(C)c(-c3ccc(C(F)(F)F)cc3)c2O)s1. The number of alkyl halides is 3. The van der Waals surface area contributed by atoms with Crippen LogP contribution >= 0.6 is 11.3 Å². The summed E-state index contributed by atoms with van der Waals surface area (Å²) in [5.41, 5.74) is 2.26. The lowest BCUT2D eigenvalue weighted by Crippen LogP contribution is -2.26. The van der Waals surface area contributed by atoms with Crippen molar-refractivity contribution in [1.82, 2.24) is 20.5 Å². The third-order valence-corrected chi connectivity index (χ3v) is 5.90. The Labute approximate surface area is 202 Å². The summed E-state index contributed by atoms with van der Waals surface area (Å²) in [4.78, 5) is 25.1. The lowest BCUT2D eigenvalue weighted by atomic mass is 10.1. The summed E-state index contributed by atoms with van der Waals surface area (Å²) in [7, 11) is 3.04. The zero-order chi connectivity index (χ0) is 25.8. The first kappa shape index (κ1) is 25.9. The van der Waals surface area contributed by atoms with Crippen molar-refractivity contribution in [2.75, 3.05) is 20.3 Å². The van der Waals surface area contributed by atoms with Gasteiger partial charge in [-0.15, -0.1) is 11.3 Å². The minimum absolute atomic E-state index is 0.0482. The van der Waals surface area contributed by atoms with Crippen LogP contribution in [0.15, 0.2) is 41.5 Å². The van der Waals surface area contributed by atoms with Gasteiger partial charge in [-0.1, -0.05) is 12.1 Å². The number of carbonyl (C=O) groups is 2. The Bertz CT molecular complexity index is 1250. The Kier molecular flexibility index (Phi) is 7.92. The van der Waals surface area contributed by atoms with Crippen LogP contribution in [-0.4, -0.2) is 52.7 Å². The highest BCUT2D eigenvalue weighted by Crippen LogP contribution is 2.35. The second-order valence-corrected chi connectivity index (χ2v) is 8.38. The number of methoxy groups -OCH3 is 1. The Morgan fingerprint density at radius 3 is 2.37 bits per heavy atom. The van der Waals surface area contributed by atoms with Crippen LogP contribution in [0.5, 0.6) is 5.75 Å². The highest BCUT2D eigenvalue weighted by molar-refractivity contribution is 7.15. The number of aromatic hydroxyl groups is 1. The number of nitrogens with zero attached hydrogens (tertiary/aromatic N) is 3. The van der Waals surface area contributed by atoms with E-state index in [-0.39, 0.29) is 33.6 Å². The molecule has 0 aliphatic heterocycles. The first-order valence-corrected chi connectivity index (χ1v) is 11.0. The average Bonchev–Trinajstić information content (AvgIpc) is 3.42. The molecule has 186 valence electrons. The fraction of sp³-hybridized carbons (Fsp3) is 0.273. The molecule has 0 fully saturated rings. The van der Waals surface area contributed by atoms with Crippen LogP contribution in [0.25, 0.3) is 11.3 Å². The van der Waals surface area contributed by atoms with Crippen molar-refractivity contribution in [3.63, 3.8) is 0 Å². The number of ether oxygens (including phenoxy) is 1. The molecule has 2 amide bonds. The molecular weight excluding hydrogens is 487 g/mol. The summed E-state index contributed by atoms with van der Waals surface area (Å²) >= 11 is 0.981. The van der Waals surface area contributed by atoms with Crippen molar-refractivity contribution in [2.24, 2.45) is 12.1 Å². The third kappa shape index (κ3) is 6.05. The summed E-state index contributed by atoms with van der Waals surface area (Å²) in [5.74, 6) is -1.20. The number of hydrazone groups is 1. The zero-order valence-electron chi connectivity index (χ0n) is 18.9. The standard InChI is InChI=1S/C22H22F3N5O4S/c1-12(27-28-21(33)16-9-8-15(35-16)20(32)26-10-11-34-3)17-19(31)18(30(2)29-17)13-4-6-14(7-5-13)22(23,24)25/h4-9,31H,10-11H2,1-3H3,(H,26,32)(H,28,33)/b27-12-.